The average molecular weight is 510 g/mol. The first kappa shape index (κ1) is 19.8. The summed E-state index contributed by atoms with van der Waals surface area (Å²) in [6, 6.07) is 8.24. The number of hydrogen-bond donors (Lipinski definition) is 2. The highest BCUT2D eigenvalue weighted by molar-refractivity contribution is 14.0. The van der Waals surface area contributed by atoms with Gasteiger partial charge in [-0.1, -0.05) is 22.0 Å². The number of hydrogen-bond acceptors (Lipinski definition) is 3. The summed E-state index contributed by atoms with van der Waals surface area (Å²) in [5, 5.41) is 6.80. The van der Waals surface area contributed by atoms with Crippen molar-refractivity contribution in [2.75, 3.05) is 19.7 Å². The minimum atomic E-state index is 0. The number of benzene rings is 1. The standard InChI is InChI=1S/C17H24BrN3O2.HI/c1-2-19-17(21-15-11-14-6-7-16(15)23-14)20-8-9-22-13-5-3-4-12(18)10-13;/h3-5,10,14-16H,2,6-9,11H2,1H3,(H2,19,20,21);1H. The maximum Gasteiger partial charge on any atom is 0.191 e. The Balaban J connectivity index is 0.00000208. The number of guanidine groups is 1. The number of ether oxygens (including phenoxy) is 2. The molecule has 3 atom stereocenters. The molecule has 0 spiro atoms. The molecule has 3 unspecified atom stereocenters. The Labute approximate surface area is 169 Å². The van der Waals surface area contributed by atoms with Gasteiger partial charge in [0.2, 0.25) is 0 Å². The predicted molar refractivity (Wildman–Crippen MR) is 110 cm³/mol. The molecule has 5 nitrogen and oxygen atoms in total. The molecule has 2 N–H and O–H groups in total. The molecular formula is C17H25BrIN3O2. The molecule has 7 heteroatoms. The van der Waals surface area contributed by atoms with Gasteiger partial charge in [-0.3, -0.25) is 0 Å². The van der Waals surface area contributed by atoms with Gasteiger partial charge in [0.25, 0.3) is 0 Å². The van der Waals surface area contributed by atoms with E-state index in [0.29, 0.717) is 31.4 Å². The largest absolute Gasteiger partial charge is 0.492 e. The first-order chi connectivity index (χ1) is 11.2. The van der Waals surface area contributed by atoms with E-state index in [1.54, 1.807) is 0 Å². The number of nitrogens with zero attached hydrogens (tertiary/aromatic N) is 1. The molecule has 2 bridgehead atoms. The first-order valence-corrected chi connectivity index (χ1v) is 9.12. The molecule has 0 saturated carbocycles. The predicted octanol–water partition coefficient (Wildman–Crippen LogP) is 3.32. The molecule has 0 aliphatic carbocycles. The lowest BCUT2D eigenvalue weighted by atomic mass is 9.96. The highest BCUT2D eigenvalue weighted by Crippen LogP contribution is 2.34. The SMILES string of the molecule is CCNC(=NCCOc1cccc(Br)c1)NC1CC2CCC1O2.I. The molecule has 2 fully saturated rings. The zero-order valence-corrected chi connectivity index (χ0v) is 17.8. The lowest BCUT2D eigenvalue weighted by Crippen LogP contribution is -2.47. The van der Waals surface area contributed by atoms with Crippen molar-refractivity contribution < 1.29 is 9.47 Å². The van der Waals surface area contributed by atoms with Crippen LogP contribution in [0.4, 0.5) is 0 Å². The van der Waals surface area contributed by atoms with E-state index >= 15 is 0 Å². The van der Waals surface area contributed by atoms with Crippen LogP contribution in [0.5, 0.6) is 5.75 Å². The molecule has 2 saturated heterocycles. The topological polar surface area (TPSA) is 54.9 Å². The van der Waals surface area contributed by atoms with Crippen molar-refractivity contribution in [3.05, 3.63) is 28.7 Å². The summed E-state index contributed by atoms with van der Waals surface area (Å²) in [5.74, 6) is 1.71. The van der Waals surface area contributed by atoms with Crippen LogP contribution in [0.1, 0.15) is 26.2 Å². The molecule has 2 heterocycles. The van der Waals surface area contributed by atoms with E-state index in [1.807, 2.05) is 24.3 Å². The Bertz CT molecular complexity index is 558. The van der Waals surface area contributed by atoms with Gasteiger partial charge in [0.15, 0.2) is 5.96 Å². The van der Waals surface area contributed by atoms with Gasteiger partial charge < -0.3 is 20.1 Å². The third-order valence-corrected chi connectivity index (χ3v) is 4.69. The lowest BCUT2D eigenvalue weighted by molar-refractivity contribution is 0.0992. The Morgan fingerprint density at radius 1 is 1.42 bits per heavy atom. The second-order valence-electron chi connectivity index (χ2n) is 5.93. The zero-order chi connectivity index (χ0) is 16.1. The average Bonchev–Trinajstić information content (AvgIpc) is 3.14. The summed E-state index contributed by atoms with van der Waals surface area (Å²) in [4.78, 5) is 4.60. The summed E-state index contributed by atoms with van der Waals surface area (Å²) in [7, 11) is 0. The van der Waals surface area contributed by atoms with Crippen LogP contribution in [0.15, 0.2) is 33.7 Å². The van der Waals surface area contributed by atoms with E-state index in [9.17, 15) is 0 Å². The summed E-state index contributed by atoms with van der Waals surface area (Å²) < 4.78 is 12.6. The fourth-order valence-electron chi connectivity index (χ4n) is 3.16. The highest BCUT2D eigenvalue weighted by atomic mass is 127. The van der Waals surface area contributed by atoms with E-state index in [1.165, 1.54) is 6.42 Å². The molecule has 0 aromatic heterocycles. The number of fused-ring (bicyclic) bond motifs is 2. The Morgan fingerprint density at radius 2 is 2.29 bits per heavy atom. The second kappa shape index (κ2) is 9.82. The van der Waals surface area contributed by atoms with Crippen LogP contribution in [-0.2, 0) is 4.74 Å². The Hall–Kier alpha value is -0.540. The minimum absolute atomic E-state index is 0. The minimum Gasteiger partial charge on any atom is -0.492 e. The maximum atomic E-state index is 5.88. The molecule has 1 aromatic rings. The Kier molecular flexibility index (Phi) is 8.09. The van der Waals surface area contributed by atoms with Gasteiger partial charge >= 0.3 is 0 Å². The van der Waals surface area contributed by atoms with Crippen LogP contribution >= 0.6 is 39.9 Å². The molecule has 2 aliphatic rings. The van der Waals surface area contributed by atoms with Crippen molar-refractivity contribution >= 4 is 45.9 Å². The van der Waals surface area contributed by atoms with E-state index < -0.39 is 0 Å². The molecule has 0 amide bonds. The van der Waals surface area contributed by atoms with Crippen LogP contribution in [0.2, 0.25) is 0 Å². The molecule has 2 aliphatic heterocycles. The summed E-state index contributed by atoms with van der Waals surface area (Å²) >= 11 is 3.44. The van der Waals surface area contributed by atoms with Crippen molar-refractivity contribution in [3.63, 3.8) is 0 Å². The fourth-order valence-corrected chi connectivity index (χ4v) is 3.54. The fraction of sp³-hybridized carbons (Fsp3) is 0.588. The van der Waals surface area contributed by atoms with Crippen LogP contribution < -0.4 is 15.4 Å². The van der Waals surface area contributed by atoms with Crippen molar-refractivity contribution in [3.8, 4) is 5.75 Å². The van der Waals surface area contributed by atoms with Gasteiger partial charge in [-0.2, -0.15) is 0 Å². The molecular weight excluding hydrogens is 485 g/mol. The van der Waals surface area contributed by atoms with Crippen LogP contribution in [0.3, 0.4) is 0 Å². The van der Waals surface area contributed by atoms with Crippen LogP contribution in [0.25, 0.3) is 0 Å². The van der Waals surface area contributed by atoms with Crippen molar-refractivity contribution in [1.82, 2.24) is 10.6 Å². The quantitative estimate of drug-likeness (QED) is 0.267. The van der Waals surface area contributed by atoms with Gasteiger partial charge in [-0.25, -0.2) is 4.99 Å². The van der Waals surface area contributed by atoms with E-state index in [4.69, 9.17) is 9.47 Å². The van der Waals surface area contributed by atoms with Crippen molar-refractivity contribution in [2.24, 2.45) is 4.99 Å². The number of halogens is 2. The van der Waals surface area contributed by atoms with Crippen LogP contribution in [-0.4, -0.2) is 43.9 Å². The van der Waals surface area contributed by atoms with Crippen LogP contribution in [0, 0.1) is 0 Å². The summed E-state index contributed by atoms with van der Waals surface area (Å²) in [6.45, 7) is 4.09. The normalized spacial score (nSPS) is 25.2. The number of rotatable bonds is 6. The summed E-state index contributed by atoms with van der Waals surface area (Å²) in [6.07, 6.45) is 4.25. The second-order valence-corrected chi connectivity index (χ2v) is 6.84. The smallest absolute Gasteiger partial charge is 0.191 e. The van der Waals surface area contributed by atoms with E-state index in [-0.39, 0.29) is 24.0 Å². The first-order valence-electron chi connectivity index (χ1n) is 8.33. The van der Waals surface area contributed by atoms with E-state index in [0.717, 1.165) is 35.6 Å². The van der Waals surface area contributed by atoms with Crippen molar-refractivity contribution in [1.29, 1.82) is 0 Å². The third-order valence-electron chi connectivity index (χ3n) is 4.20. The highest BCUT2D eigenvalue weighted by Gasteiger charge is 2.41. The molecule has 0 radical (unpaired) electrons. The lowest BCUT2D eigenvalue weighted by Gasteiger charge is -2.22. The maximum absolute atomic E-state index is 5.88. The van der Waals surface area contributed by atoms with Gasteiger partial charge in [0.05, 0.1) is 24.8 Å². The van der Waals surface area contributed by atoms with Crippen molar-refractivity contribution in [2.45, 2.75) is 44.4 Å². The third kappa shape index (κ3) is 5.49. The zero-order valence-electron chi connectivity index (χ0n) is 13.8. The summed E-state index contributed by atoms with van der Waals surface area (Å²) in [5.41, 5.74) is 0. The molecule has 24 heavy (non-hydrogen) atoms. The van der Waals surface area contributed by atoms with E-state index in [2.05, 4.69) is 38.5 Å². The van der Waals surface area contributed by atoms with Gasteiger partial charge in [-0.15, -0.1) is 24.0 Å². The molecule has 3 rings (SSSR count). The van der Waals surface area contributed by atoms with Gasteiger partial charge in [-0.05, 0) is 44.4 Å². The van der Waals surface area contributed by atoms with Gasteiger partial charge in [0.1, 0.15) is 12.4 Å². The number of aliphatic imine (C=N–C) groups is 1. The monoisotopic (exact) mass is 509 g/mol. The molecule has 1 aromatic carbocycles. The Morgan fingerprint density at radius 3 is 2.96 bits per heavy atom. The number of nitrogens with one attached hydrogen (secondary N) is 2. The van der Waals surface area contributed by atoms with Gasteiger partial charge in [0, 0.05) is 11.0 Å². The molecule has 134 valence electrons.